The first-order valence-electron chi connectivity index (χ1n) is 7.19. The Kier molecular flexibility index (Phi) is 4.99. The van der Waals surface area contributed by atoms with Crippen LogP contribution in [0, 0.1) is 5.41 Å². The lowest BCUT2D eigenvalue weighted by Gasteiger charge is -2.14. The zero-order valence-corrected chi connectivity index (χ0v) is 15.0. The van der Waals surface area contributed by atoms with E-state index in [-0.39, 0.29) is 18.9 Å². The minimum atomic E-state index is -3.41. The van der Waals surface area contributed by atoms with Crippen molar-refractivity contribution in [2.75, 3.05) is 18.9 Å². The molecule has 0 amide bonds. The van der Waals surface area contributed by atoms with Crippen LogP contribution in [0.4, 0.5) is 0 Å². The van der Waals surface area contributed by atoms with Crippen LogP contribution in [-0.4, -0.2) is 38.5 Å². The molecule has 1 aromatic carbocycles. The van der Waals surface area contributed by atoms with E-state index < -0.39 is 32.4 Å². The largest absolute Gasteiger partial charge is 0.465 e. The number of nitrogens with two attached hydrogens (primary N) is 1. The molecule has 0 spiro atoms. The van der Waals surface area contributed by atoms with Crippen LogP contribution in [0.15, 0.2) is 28.7 Å². The smallest absolute Gasteiger partial charge is 0.315 e. The molecule has 1 aliphatic rings. The fraction of sp³-hybridized carbons (Fsp3) is 0.533. The SMILES string of the molecule is CCOC(=O)[C@]1(CN)[C@H](c2ccc(Br)cc2)[C@@H]1S(=O)(=O)CC. The molecule has 0 heterocycles. The summed E-state index contributed by atoms with van der Waals surface area (Å²) in [7, 11) is -3.41. The predicted octanol–water partition coefficient (Wildman–Crippen LogP) is 1.86. The lowest BCUT2D eigenvalue weighted by molar-refractivity contribution is -0.149. The van der Waals surface area contributed by atoms with E-state index in [2.05, 4.69) is 15.9 Å². The number of rotatable bonds is 6. The number of carbonyl (C=O) groups excluding carboxylic acids is 1. The summed E-state index contributed by atoms with van der Waals surface area (Å²) in [5.41, 5.74) is 5.45. The highest BCUT2D eigenvalue weighted by Crippen LogP contribution is 2.63. The van der Waals surface area contributed by atoms with Crippen molar-refractivity contribution in [1.29, 1.82) is 0 Å². The minimum Gasteiger partial charge on any atom is -0.465 e. The zero-order chi connectivity index (χ0) is 16.5. The van der Waals surface area contributed by atoms with Crippen LogP contribution in [0.2, 0.25) is 0 Å². The van der Waals surface area contributed by atoms with Crippen molar-refractivity contribution in [3.05, 3.63) is 34.3 Å². The molecule has 1 fully saturated rings. The van der Waals surface area contributed by atoms with E-state index >= 15 is 0 Å². The van der Waals surface area contributed by atoms with E-state index in [4.69, 9.17) is 10.5 Å². The molecule has 0 unspecified atom stereocenters. The fourth-order valence-corrected chi connectivity index (χ4v) is 5.43. The van der Waals surface area contributed by atoms with Crippen LogP contribution in [0.25, 0.3) is 0 Å². The highest BCUT2D eigenvalue weighted by Gasteiger charge is 2.74. The lowest BCUT2D eigenvalue weighted by atomic mass is 9.99. The Morgan fingerprint density at radius 2 is 1.91 bits per heavy atom. The summed E-state index contributed by atoms with van der Waals surface area (Å²) in [5, 5.41) is -0.810. The second-order valence-corrected chi connectivity index (χ2v) is 8.69. The van der Waals surface area contributed by atoms with Crippen molar-refractivity contribution in [2.45, 2.75) is 25.0 Å². The molecule has 3 atom stereocenters. The summed E-state index contributed by atoms with van der Waals surface area (Å²) in [6.07, 6.45) is 0. The summed E-state index contributed by atoms with van der Waals surface area (Å²) in [4.78, 5) is 12.4. The minimum absolute atomic E-state index is 0.0220. The number of carbonyl (C=O) groups is 1. The quantitative estimate of drug-likeness (QED) is 0.750. The second-order valence-electron chi connectivity index (χ2n) is 5.37. The molecule has 1 saturated carbocycles. The Hall–Kier alpha value is -0.920. The topological polar surface area (TPSA) is 86.5 Å². The molecule has 22 heavy (non-hydrogen) atoms. The third kappa shape index (κ3) is 2.70. The molecule has 0 radical (unpaired) electrons. The van der Waals surface area contributed by atoms with Gasteiger partial charge in [-0.1, -0.05) is 35.0 Å². The lowest BCUT2D eigenvalue weighted by Crippen LogP contribution is -2.34. The normalized spacial score (nSPS) is 27.5. The Morgan fingerprint density at radius 1 is 1.32 bits per heavy atom. The van der Waals surface area contributed by atoms with Gasteiger partial charge in [0.1, 0.15) is 5.41 Å². The number of esters is 1. The Bertz CT molecular complexity index is 659. The molecule has 0 aliphatic heterocycles. The number of ether oxygens (including phenoxy) is 1. The van der Waals surface area contributed by atoms with Crippen molar-refractivity contribution in [1.82, 2.24) is 0 Å². The molecule has 1 aliphatic carbocycles. The van der Waals surface area contributed by atoms with Gasteiger partial charge in [-0.05, 0) is 24.6 Å². The Balaban J connectivity index is 2.49. The Morgan fingerprint density at radius 3 is 2.36 bits per heavy atom. The summed E-state index contributed by atoms with van der Waals surface area (Å²) in [6, 6.07) is 7.30. The van der Waals surface area contributed by atoms with Crippen LogP contribution >= 0.6 is 15.9 Å². The van der Waals surface area contributed by atoms with Gasteiger partial charge in [-0.3, -0.25) is 4.79 Å². The summed E-state index contributed by atoms with van der Waals surface area (Å²) < 4.78 is 30.8. The van der Waals surface area contributed by atoms with E-state index in [9.17, 15) is 13.2 Å². The zero-order valence-electron chi connectivity index (χ0n) is 12.6. The highest BCUT2D eigenvalue weighted by atomic mass is 79.9. The molecule has 122 valence electrons. The maximum Gasteiger partial charge on any atom is 0.315 e. The van der Waals surface area contributed by atoms with E-state index in [0.717, 1.165) is 10.0 Å². The first-order valence-corrected chi connectivity index (χ1v) is 9.70. The highest BCUT2D eigenvalue weighted by molar-refractivity contribution is 9.10. The molecule has 0 saturated heterocycles. The van der Waals surface area contributed by atoms with Crippen molar-refractivity contribution in [3.8, 4) is 0 Å². The van der Waals surface area contributed by atoms with Gasteiger partial charge in [-0.25, -0.2) is 8.42 Å². The third-order valence-corrected chi connectivity index (χ3v) is 7.07. The number of benzene rings is 1. The van der Waals surface area contributed by atoms with E-state index in [1.165, 1.54) is 0 Å². The van der Waals surface area contributed by atoms with Crippen LogP contribution in [-0.2, 0) is 19.4 Å². The van der Waals surface area contributed by atoms with Gasteiger partial charge in [0, 0.05) is 22.7 Å². The van der Waals surface area contributed by atoms with Gasteiger partial charge in [0.25, 0.3) is 0 Å². The van der Waals surface area contributed by atoms with Gasteiger partial charge in [0.2, 0.25) is 0 Å². The maximum atomic E-state index is 12.4. The maximum absolute atomic E-state index is 12.4. The summed E-state index contributed by atoms with van der Waals surface area (Å²) in [6.45, 7) is 3.43. The predicted molar refractivity (Wildman–Crippen MR) is 88.3 cm³/mol. The molecule has 2 N–H and O–H groups in total. The average molecular weight is 390 g/mol. The average Bonchev–Trinajstić information content (AvgIpc) is 3.20. The summed E-state index contributed by atoms with van der Waals surface area (Å²) in [5.74, 6) is -0.992. The monoisotopic (exact) mass is 389 g/mol. The van der Waals surface area contributed by atoms with Crippen molar-refractivity contribution >= 4 is 31.7 Å². The van der Waals surface area contributed by atoms with Crippen LogP contribution in [0.5, 0.6) is 0 Å². The van der Waals surface area contributed by atoms with Gasteiger partial charge in [0.05, 0.1) is 11.9 Å². The molecule has 1 aromatic rings. The molecule has 2 rings (SSSR count). The standard InChI is InChI=1S/C15H20BrNO4S/c1-3-21-14(18)15(9-17)12(13(15)22(19,20)4-2)10-5-7-11(16)8-6-10/h5-8,12-13H,3-4,9,17H2,1-2H3/t12-,13+,15-/m1/s1. The van der Waals surface area contributed by atoms with Gasteiger partial charge in [0.15, 0.2) is 9.84 Å². The van der Waals surface area contributed by atoms with Crippen LogP contribution in [0.3, 0.4) is 0 Å². The first kappa shape index (κ1) is 17.4. The number of halogens is 1. The molecule has 0 aromatic heterocycles. The summed E-state index contributed by atoms with van der Waals surface area (Å²) >= 11 is 3.35. The van der Waals surface area contributed by atoms with Gasteiger partial charge < -0.3 is 10.5 Å². The third-order valence-electron chi connectivity index (χ3n) is 4.27. The number of hydrogen-bond acceptors (Lipinski definition) is 5. The molecule has 0 bridgehead atoms. The molecule has 5 nitrogen and oxygen atoms in total. The second kappa shape index (κ2) is 6.29. The van der Waals surface area contributed by atoms with Gasteiger partial charge in [-0.15, -0.1) is 0 Å². The van der Waals surface area contributed by atoms with Gasteiger partial charge >= 0.3 is 5.97 Å². The van der Waals surface area contributed by atoms with Crippen LogP contribution in [0.1, 0.15) is 25.3 Å². The fourth-order valence-electron chi connectivity index (χ4n) is 3.09. The first-order chi connectivity index (χ1) is 10.3. The van der Waals surface area contributed by atoms with E-state index in [1.807, 2.05) is 24.3 Å². The van der Waals surface area contributed by atoms with Gasteiger partial charge in [-0.2, -0.15) is 0 Å². The molecular formula is C15H20BrNO4S. The van der Waals surface area contributed by atoms with E-state index in [0.29, 0.717) is 0 Å². The van der Waals surface area contributed by atoms with E-state index in [1.54, 1.807) is 13.8 Å². The van der Waals surface area contributed by atoms with Crippen LogP contribution < -0.4 is 5.73 Å². The number of hydrogen-bond donors (Lipinski definition) is 1. The molecular weight excluding hydrogens is 370 g/mol. The Labute approximate surface area is 139 Å². The number of sulfone groups is 1. The van der Waals surface area contributed by atoms with Crippen molar-refractivity contribution in [2.24, 2.45) is 11.1 Å². The molecule has 7 heteroatoms. The van der Waals surface area contributed by atoms with Crippen molar-refractivity contribution < 1.29 is 17.9 Å². The van der Waals surface area contributed by atoms with Crippen molar-refractivity contribution in [3.63, 3.8) is 0 Å².